The minimum absolute atomic E-state index is 0.186. The van der Waals surface area contributed by atoms with Gasteiger partial charge in [-0.1, -0.05) is 24.0 Å². The standard InChI is InChI=1S/C31H37N5O3/c1-21-25-12-14-36(4)19-26(25)35-30(34-21)24-17-27(29(32)33-18-24)38-20-23-9-7-8-22(16-23)11-13-31(2,3)39-28-10-5-6-15-37-28/h7-9,16-18,28H,5-6,10,12,14-15,19-20H2,1-4H3,(H2,32,33). The lowest BCUT2D eigenvalue weighted by Crippen LogP contribution is -2.33. The molecular weight excluding hydrogens is 490 g/mol. The van der Waals surface area contributed by atoms with E-state index in [9.17, 15) is 0 Å². The van der Waals surface area contributed by atoms with E-state index in [-0.39, 0.29) is 6.29 Å². The lowest BCUT2D eigenvalue weighted by molar-refractivity contribution is -0.199. The second-order valence-electron chi connectivity index (χ2n) is 10.8. The summed E-state index contributed by atoms with van der Waals surface area (Å²) in [6.45, 7) is 8.90. The largest absolute Gasteiger partial charge is 0.485 e. The van der Waals surface area contributed by atoms with E-state index >= 15 is 0 Å². The molecule has 0 spiro atoms. The number of anilines is 1. The smallest absolute Gasteiger partial charge is 0.166 e. The van der Waals surface area contributed by atoms with Crippen molar-refractivity contribution in [2.45, 2.75) is 71.5 Å². The quantitative estimate of drug-likeness (QED) is 0.462. The van der Waals surface area contributed by atoms with Crippen molar-refractivity contribution in [3.05, 3.63) is 64.6 Å². The van der Waals surface area contributed by atoms with Crippen LogP contribution < -0.4 is 10.5 Å². The predicted molar refractivity (Wildman–Crippen MR) is 151 cm³/mol. The van der Waals surface area contributed by atoms with E-state index in [1.54, 1.807) is 6.20 Å². The highest BCUT2D eigenvalue weighted by Crippen LogP contribution is 2.28. The summed E-state index contributed by atoms with van der Waals surface area (Å²) in [6.07, 6.45) is 5.61. The van der Waals surface area contributed by atoms with Crippen LogP contribution in [-0.4, -0.2) is 51.9 Å². The molecule has 5 rings (SSSR count). The van der Waals surface area contributed by atoms with Gasteiger partial charge in [-0.05, 0) is 82.8 Å². The molecule has 0 radical (unpaired) electrons. The molecule has 2 N–H and O–H groups in total. The molecule has 1 saturated heterocycles. The van der Waals surface area contributed by atoms with Gasteiger partial charge in [0.15, 0.2) is 23.7 Å². The fraction of sp³-hybridized carbons (Fsp3) is 0.452. The molecule has 4 heterocycles. The van der Waals surface area contributed by atoms with Gasteiger partial charge in [0.05, 0.1) is 5.69 Å². The van der Waals surface area contributed by atoms with Crippen LogP contribution in [0.5, 0.6) is 5.75 Å². The Morgan fingerprint density at radius 2 is 2.08 bits per heavy atom. The van der Waals surface area contributed by atoms with Crippen molar-refractivity contribution < 1.29 is 14.2 Å². The normalized spacial score (nSPS) is 17.7. The Morgan fingerprint density at radius 3 is 2.90 bits per heavy atom. The fourth-order valence-electron chi connectivity index (χ4n) is 4.86. The molecule has 3 aromatic rings. The average molecular weight is 528 g/mol. The third kappa shape index (κ3) is 6.93. The molecule has 0 bridgehead atoms. The number of aryl methyl sites for hydroxylation is 1. The molecule has 0 amide bonds. The number of nitrogen functional groups attached to an aromatic ring is 1. The highest BCUT2D eigenvalue weighted by Gasteiger charge is 2.24. The van der Waals surface area contributed by atoms with Crippen molar-refractivity contribution in [2.24, 2.45) is 0 Å². The van der Waals surface area contributed by atoms with Gasteiger partial charge in [-0.15, -0.1) is 0 Å². The number of nitrogens with two attached hydrogens (primary N) is 1. The topological polar surface area (TPSA) is 95.6 Å². The zero-order chi connectivity index (χ0) is 27.4. The zero-order valence-electron chi connectivity index (χ0n) is 23.3. The van der Waals surface area contributed by atoms with E-state index in [1.807, 2.05) is 51.1 Å². The van der Waals surface area contributed by atoms with Gasteiger partial charge in [0.1, 0.15) is 12.2 Å². The minimum Gasteiger partial charge on any atom is -0.485 e. The number of rotatable bonds is 6. The highest BCUT2D eigenvalue weighted by molar-refractivity contribution is 5.62. The van der Waals surface area contributed by atoms with E-state index in [0.717, 1.165) is 73.5 Å². The number of benzene rings is 1. The molecule has 2 aliphatic rings. The van der Waals surface area contributed by atoms with Gasteiger partial charge in [0.2, 0.25) is 0 Å². The number of hydrogen-bond donors (Lipinski definition) is 1. The van der Waals surface area contributed by atoms with Gasteiger partial charge in [-0.2, -0.15) is 0 Å². The van der Waals surface area contributed by atoms with Gasteiger partial charge >= 0.3 is 0 Å². The maximum atomic E-state index is 6.16. The van der Waals surface area contributed by atoms with Crippen LogP contribution >= 0.6 is 0 Å². The number of aromatic nitrogens is 3. The first kappa shape index (κ1) is 27.1. The Balaban J connectivity index is 1.28. The Labute approximate surface area is 230 Å². The molecule has 1 atom stereocenters. The lowest BCUT2D eigenvalue weighted by atomic mass is 10.0. The Kier molecular flexibility index (Phi) is 8.12. The molecule has 8 heteroatoms. The van der Waals surface area contributed by atoms with Crippen LogP contribution in [0, 0.1) is 18.8 Å². The fourth-order valence-corrected chi connectivity index (χ4v) is 4.86. The van der Waals surface area contributed by atoms with Gasteiger partial charge in [0, 0.05) is 42.7 Å². The molecule has 8 nitrogen and oxygen atoms in total. The van der Waals surface area contributed by atoms with Crippen LogP contribution in [0.4, 0.5) is 5.82 Å². The first-order chi connectivity index (χ1) is 18.8. The zero-order valence-corrected chi connectivity index (χ0v) is 23.3. The first-order valence-electron chi connectivity index (χ1n) is 13.6. The van der Waals surface area contributed by atoms with Crippen molar-refractivity contribution in [1.29, 1.82) is 0 Å². The molecule has 2 aliphatic heterocycles. The maximum Gasteiger partial charge on any atom is 0.166 e. The van der Waals surface area contributed by atoms with Crippen molar-refractivity contribution in [3.63, 3.8) is 0 Å². The van der Waals surface area contributed by atoms with Gasteiger partial charge in [-0.3, -0.25) is 0 Å². The third-order valence-corrected chi connectivity index (χ3v) is 7.00. The lowest BCUT2D eigenvalue weighted by Gasteiger charge is -2.29. The number of likely N-dealkylation sites (N-methyl/N-ethyl adjacent to an activating group) is 1. The molecule has 1 aromatic carbocycles. The predicted octanol–water partition coefficient (Wildman–Crippen LogP) is 4.67. The van der Waals surface area contributed by atoms with Crippen molar-refractivity contribution >= 4 is 5.82 Å². The number of ether oxygens (including phenoxy) is 3. The molecule has 0 saturated carbocycles. The maximum absolute atomic E-state index is 6.16. The van der Waals surface area contributed by atoms with Crippen molar-refractivity contribution in [3.8, 4) is 29.0 Å². The third-order valence-electron chi connectivity index (χ3n) is 7.00. The van der Waals surface area contributed by atoms with Crippen LogP contribution in [0.3, 0.4) is 0 Å². The summed E-state index contributed by atoms with van der Waals surface area (Å²) in [7, 11) is 2.11. The summed E-state index contributed by atoms with van der Waals surface area (Å²) in [5, 5.41) is 0. The second kappa shape index (κ2) is 11.7. The number of hydrogen-bond acceptors (Lipinski definition) is 8. The monoisotopic (exact) mass is 527 g/mol. The Morgan fingerprint density at radius 1 is 1.21 bits per heavy atom. The summed E-state index contributed by atoms with van der Waals surface area (Å²) in [6, 6.07) is 9.84. The van der Waals surface area contributed by atoms with E-state index in [4.69, 9.17) is 29.9 Å². The second-order valence-corrected chi connectivity index (χ2v) is 10.8. The van der Waals surface area contributed by atoms with E-state index in [0.29, 0.717) is 24.0 Å². The van der Waals surface area contributed by atoms with E-state index in [1.165, 1.54) is 5.56 Å². The summed E-state index contributed by atoms with van der Waals surface area (Å²) in [4.78, 5) is 16.2. The van der Waals surface area contributed by atoms with Gasteiger partial charge in [-0.25, -0.2) is 15.0 Å². The van der Waals surface area contributed by atoms with Crippen molar-refractivity contribution in [2.75, 3.05) is 25.9 Å². The summed E-state index contributed by atoms with van der Waals surface area (Å²) >= 11 is 0. The average Bonchev–Trinajstić information content (AvgIpc) is 2.92. The SMILES string of the molecule is Cc1nc(-c2cnc(N)c(OCc3cccc(C#CC(C)(C)OC4CCCCO4)c3)c2)nc2c1CCN(C)C2. The van der Waals surface area contributed by atoms with Crippen LogP contribution in [0.15, 0.2) is 36.5 Å². The van der Waals surface area contributed by atoms with Crippen molar-refractivity contribution in [1.82, 2.24) is 19.9 Å². The van der Waals surface area contributed by atoms with E-state index < -0.39 is 5.60 Å². The molecule has 204 valence electrons. The number of nitrogens with zero attached hydrogens (tertiary/aromatic N) is 4. The Hall–Kier alpha value is -3.51. The summed E-state index contributed by atoms with van der Waals surface area (Å²) < 4.78 is 17.9. The molecule has 0 aliphatic carbocycles. The molecule has 1 unspecified atom stereocenters. The molecule has 39 heavy (non-hydrogen) atoms. The van der Waals surface area contributed by atoms with Crippen LogP contribution in [-0.2, 0) is 29.0 Å². The Bertz CT molecular complexity index is 1390. The van der Waals surface area contributed by atoms with E-state index in [2.05, 4.69) is 28.8 Å². The minimum atomic E-state index is -0.610. The number of fused-ring (bicyclic) bond motifs is 1. The van der Waals surface area contributed by atoms with Crippen LogP contribution in [0.1, 0.15) is 61.2 Å². The van der Waals surface area contributed by atoms with Crippen LogP contribution in [0.2, 0.25) is 0 Å². The molecule has 2 aromatic heterocycles. The summed E-state index contributed by atoms with van der Waals surface area (Å²) in [5.74, 6) is 7.96. The number of pyridine rings is 1. The van der Waals surface area contributed by atoms with Gasteiger partial charge < -0.3 is 24.8 Å². The molecular formula is C31H37N5O3. The highest BCUT2D eigenvalue weighted by atomic mass is 16.7. The summed E-state index contributed by atoms with van der Waals surface area (Å²) in [5.41, 5.74) is 11.5. The van der Waals surface area contributed by atoms with Gasteiger partial charge in [0.25, 0.3) is 0 Å². The van der Waals surface area contributed by atoms with Crippen LogP contribution in [0.25, 0.3) is 11.4 Å². The first-order valence-corrected chi connectivity index (χ1v) is 13.6. The molecule has 1 fully saturated rings.